The van der Waals surface area contributed by atoms with E-state index in [1.165, 1.54) is 19.3 Å². The number of fused-ring (bicyclic) bond motifs is 1. The lowest BCUT2D eigenvalue weighted by atomic mass is 9.95. The van der Waals surface area contributed by atoms with E-state index < -0.39 is 0 Å². The van der Waals surface area contributed by atoms with Gasteiger partial charge in [-0.05, 0) is 53.8 Å². The van der Waals surface area contributed by atoms with Crippen molar-refractivity contribution in [2.45, 2.75) is 58.0 Å². The Hall–Kier alpha value is -2.58. The van der Waals surface area contributed by atoms with Crippen LogP contribution in [0, 0.1) is 6.92 Å². The molecule has 1 unspecified atom stereocenters. The maximum absolute atomic E-state index is 13.4. The first kappa shape index (κ1) is 21.3. The number of aromatic nitrogens is 5. The van der Waals surface area contributed by atoms with E-state index in [0.29, 0.717) is 6.04 Å². The van der Waals surface area contributed by atoms with Crippen molar-refractivity contribution in [2.24, 2.45) is 0 Å². The van der Waals surface area contributed by atoms with E-state index >= 15 is 0 Å². The molecule has 1 aromatic carbocycles. The van der Waals surface area contributed by atoms with Crippen LogP contribution in [0.1, 0.15) is 68.1 Å². The van der Waals surface area contributed by atoms with Gasteiger partial charge in [-0.3, -0.25) is 9.69 Å². The molecule has 1 saturated carbocycles. The number of pyridine rings is 1. The average Bonchev–Trinajstić information content (AvgIpc) is 3.31. The topological polar surface area (TPSA) is 82.9 Å². The SMILES string of the molecule is CCN1CCN(C(c2cc3cccc(C)c3[nH]c2=O)c2nnnn2C2CCCCC2)CC1. The first-order valence-corrected chi connectivity index (χ1v) is 12.0. The molecule has 1 atom stereocenters. The summed E-state index contributed by atoms with van der Waals surface area (Å²) in [6, 6.07) is 8.26. The van der Waals surface area contributed by atoms with Crippen molar-refractivity contribution in [1.29, 1.82) is 0 Å². The van der Waals surface area contributed by atoms with Gasteiger partial charge in [-0.25, -0.2) is 4.68 Å². The maximum atomic E-state index is 13.4. The molecule has 2 aliphatic rings. The highest BCUT2D eigenvalue weighted by Gasteiger charge is 2.34. The van der Waals surface area contributed by atoms with Crippen LogP contribution in [0.15, 0.2) is 29.1 Å². The second-order valence-electron chi connectivity index (χ2n) is 9.24. The highest BCUT2D eigenvalue weighted by atomic mass is 16.1. The lowest BCUT2D eigenvalue weighted by Crippen LogP contribution is -2.49. The van der Waals surface area contributed by atoms with Crippen LogP contribution in [0.5, 0.6) is 0 Å². The number of likely N-dealkylation sites (N-methyl/N-ethyl adjacent to an activating group) is 1. The van der Waals surface area contributed by atoms with E-state index in [9.17, 15) is 4.79 Å². The van der Waals surface area contributed by atoms with Gasteiger partial charge < -0.3 is 9.88 Å². The van der Waals surface area contributed by atoms with Crippen LogP contribution in [0.4, 0.5) is 0 Å². The van der Waals surface area contributed by atoms with Gasteiger partial charge in [0.25, 0.3) is 5.56 Å². The zero-order valence-electron chi connectivity index (χ0n) is 19.1. The number of nitrogens with zero attached hydrogens (tertiary/aromatic N) is 6. The molecule has 8 heteroatoms. The molecule has 1 N–H and O–H groups in total. The molecule has 0 spiro atoms. The molecular formula is C24H33N7O. The summed E-state index contributed by atoms with van der Waals surface area (Å²) in [6.45, 7) is 9.04. The van der Waals surface area contributed by atoms with E-state index in [1.807, 2.05) is 23.7 Å². The number of rotatable bonds is 5. The Morgan fingerprint density at radius 2 is 1.91 bits per heavy atom. The van der Waals surface area contributed by atoms with Gasteiger partial charge in [0.1, 0.15) is 6.04 Å². The quantitative estimate of drug-likeness (QED) is 0.663. The second-order valence-corrected chi connectivity index (χ2v) is 9.24. The van der Waals surface area contributed by atoms with E-state index in [0.717, 1.165) is 73.4 Å². The summed E-state index contributed by atoms with van der Waals surface area (Å²) in [5.74, 6) is 0.805. The first-order chi connectivity index (χ1) is 15.7. The Morgan fingerprint density at radius 1 is 1.12 bits per heavy atom. The summed E-state index contributed by atoms with van der Waals surface area (Å²) in [4.78, 5) is 21.4. The van der Waals surface area contributed by atoms with Gasteiger partial charge >= 0.3 is 0 Å². The molecule has 0 radical (unpaired) electrons. The van der Waals surface area contributed by atoms with Gasteiger partial charge in [0.2, 0.25) is 0 Å². The minimum absolute atomic E-state index is 0.0482. The Balaban J connectivity index is 1.61. The minimum atomic E-state index is -0.250. The van der Waals surface area contributed by atoms with E-state index in [-0.39, 0.29) is 11.6 Å². The number of nitrogens with one attached hydrogen (secondary N) is 1. The lowest BCUT2D eigenvalue weighted by Gasteiger charge is -2.38. The number of benzene rings is 1. The summed E-state index contributed by atoms with van der Waals surface area (Å²) in [5, 5.41) is 14.1. The predicted octanol–water partition coefficient (Wildman–Crippen LogP) is 3.06. The van der Waals surface area contributed by atoms with Gasteiger partial charge in [0.15, 0.2) is 5.82 Å². The number of hydrogen-bond acceptors (Lipinski definition) is 6. The Bertz CT molecular complexity index is 1120. The Kier molecular flexibility index (Phi) is 6.06. The molecule has 8 nitrogen and oxygen atoms in total. The molecule has 3 aromatic rings. The third-order valence-corrected chi connectivity index (χ3v) is 7.31. The smallest absolute Gasteiger partial charge is 0.253 e. The van der Waals surface area contributed by atoms with Gasteiger partial charge in [-0.1, -0.05) is 44.4 Å². The standard InChI is InChI=1S/C24H33N7O/c1-3-29-12-14-30(15-13-29)22(23-26-27-28-31(23)19-10-5-4-6-11-19)20-16-18-9-7-8-17(2)21(18)25-24(20)32/h7-9,16,19,22H,3-6,10-15H2,1-2H3,(H,25,32). The van der Waals surface area contributed by atoms with E-state index in [1.54, 1.807) is 0 Å². The summed E-state index contributed by atoms with van der Waals surface area (Å²) in [7, 11) is 0. The van der Waals surface area contributed by atoms with Crippen molar-refractivity contribution in [3.63, 3.8) is 0 Å². The molecule has 0 bridgehead atoms. The number of hydrogen-bond donors (Lipinski definition) is 1. The zero-order chi connectivity index (χ0) is 22.1. The highest BCUT2D eigenvalue weighted by molar-refractivity contribution is 5.82. The molecule has 2 aromatic heterocycles. The van der Waals surface area contributed by atoms with E-state index in [4.69, 9.17) is 0 Å². The Labute approximate surface area is 188 Å². The van der Waals surface area contributed by atoms with Crippen molar-refractivity contribution < 1.29 is 0 Å². The number of aryl methyl sites for hydroxylation is 1. The normalized spacial score (nSPS) is 20.1. The first-order valence-electron chi connectivity index (χ1n) is 12.0. The Morgan fingerprint density at radius 3 is 2.66 bits per heavy atom. The molecule has 1 saturated heterocycles. The van der Waals surface area contributed by atoms with E-state index in [2.05, 4.69) is 49.4 Å². The van der Waals surface area contributed by atoms with Gasteiger partial charge in [-0.15, -0.1) is 5.10 Å². The van der Waals surface area contributed by atoms with Crippen molar-refractivity contribution in [3.8, 4) is 0 Å². The number of aromatic amines is 1. The summed E-state index contributed by atoms with van der Waals surface area (Å²) >= 11 is 0. The van der Waals surface area contributed by atoms with Gasteiger partial charge in [0.05, 0.1) is 11.6 Å². The average molecular weight is 436 g/mol. The molecule has 2 fully saturated rings. The summed E-state index contributed by atoms with van der Waals surface area (Å²) in [6.07, 6.45) is 5.89. The molecule has 3 heterocycles. The minimum Gasteiger partial charge on any atom is -0.321 e. The van der Waals surface area contributed by atoms with Crippen molar-refractivity contribution >= 4 is 10.9 Å². The lowest BCUT2D eigenvalue weighted by molar-refractivity contribution is 0.106. The van der Waals surface area contributed by atoms with Crippen LogP contribution in [0.3, 0.4) is 0 Å². The van der Waals surface area contributed by atoms with Crippen molar-refractivity contribution in [1.82, 2.24) is 35.0 Å². The molecule has 32 heavy (non-hydrogen) atoms. The largest absolute Gasteiger partial charge is 0.321 e. The van der Waals surface area contributed by atoms with Crippen molar-refractivity contribution in [2.75, 3.05) is 32.7 Å². The van der Waals surface area contributed by atoms with Crippen molar-refractivity contribution in [3.05, 3.63) is 51.6 Å². The maximum Gasteiger partial charge on any atom is 0.253 e. The third-order valence-electron chi connectivity index (χ3n) is 7.31. The van der Waals surface area contributed by atoms with Crippen LogP contribution < -0.4 is 5.56 Å². The van der Waals surface area contributed by atoms with Gasteiger partial charge in [-0.2, -0.15) is 0 Å². The molecule has 170 valence electrons. The fraction of sp³-hybridized carbons (Fsp3) is 0.583. The molecule has 1 aliphatic heterocycles. The van der Waals surface area contributed by atoms with Crippen LogP contribution >= 0.6 is 0 Å². The molecule has 5 rings (SSSR count). The predicted molar refractivity (Wildman–Crippen MR) is 125 cm³/mol. The highest BCUT2D eigenvalue weighted by Crippen LogP contribution is 2.33. The zero-order valence-corrected chi connectivity index (χ0v) is 19.1. The van der Waals surface area contributed by atoms with Crippen LogP contribution in [-0.4, -0.2) is 67.7 Å². The monoisotopic (exact) mass is 435 g/mol. The van der Waals surface area contributed by atoms with Gasteiger partial charge in [0, 0.05) is 31.7 Å². The molecule has 0 amide bonds. The number of H-pyrrole nitrogens is 1. The molecule has 1 aliphatic carbocycles. The summed E-state index contributed by atoms with van der Waals surface area (Å²) in [5.41, 5.74) is 2.67. The number of tetrazole rings is 1. The van der Waals surface area contributed by atoms with Crippen LogP contribution in [0.2, 0.25) is 0 Å². The fourth-order valence-electron chi connectivity index (χ4n) is 5.41. The fourth-order valence-corrected chi connectivity index (χ4v) is 5.41. The molecular weight excluding hydrogens is 402 g/mol. The second kappa shape index (κ2) is 9.11. The summed E-state index contributed by atoms with van der Waals surface area (Å²) < 4.78 is 2.02. The van der Waals surface area contributed by atoms with Crippen LogP contribution in [0.25, 0.3) is 10.9 Å². The number of piperazine rings is 1. The third kappa shape index (κ3) is 3.97. The van der Waals surface area contributed by atoms with Crippen LogP contribution in [-0.2, 0) is 0 Å². The number of para-hydroxylation sites is 1.